The number of benzene rings is 12. The molecule has 0 aliphatic carbocycles. The molecule has 0 aromatic heterocycles. The Balaban J connectivity index is 0.000000136. The highest BCUT2D eigenvalue weighted by Gasteiger charge is 2.36. The number of nitrogens with zero attached hydrogens (tertiary/aromatic N) is 3. The molecule has 0 amide bonds. The number of hydrogen-bond donors (Lipinski definition) is 0. The van der Waals surface area contributed by atoms with Crippen LogP contribution in [0.1, 0.15) is 0 Å². The lowest BCUT2D eigenvalue weighted by Gasteiger charge is -2.30. The Kier molecular flexibility index (Phi) is 9.35. The van der Waals surface area contributed by atoms with Gasteiger partial charge in [-0.1, -0.05) is 163 Å². The van der Waals surface area contributed by atoms with Gasteiger partial charge in [0.1, 0.15) is 23.0 Å². The highest BCUT2D eigenvalue weighted by Crippen LogP contribution is 2.45. The summed E-state index contributed by atoms with van der Waals surface area (Å²) in [5, 5.41) is 15.4. The van der Waals surface area contributed by atoms with Gasteiger partial charge in [0.05, 0.1) is 0 Å². The highest BCUT2D eigenvalue weighted by molar-refractivity contribution is 6.99. The third kappa shape index (κ3) is 6.26. The van der Waals surface area contributed by atoms with E-state index in [-0.39, 0.29) is 13.4 Å². The first-order chi connectivity index (χ1) is 33.7. The summed E-state index contributed by atoms with van der Waals surface area (Å²) >= 11 is 0. The van der Waals surface area contributed by atoms with Crippen LogP contribution >= 0.6 is 0 Å². The zero-order chi connectivity index (χ0) is 46.7. The molecular formula is C62H49B2N3O2. The Bertz CT molecular complexity index is 3940. The molecule has 330 valence electrons. The first-order valence-electron chi connectivity index (χ1n) is 23.9. The average Bonchev–Trinajstić information content (AvgIpc) is 3.38. The van der Waals surface area contributed by atoms with Gasteiger partial charge < -0.3 is 24.2 Å². The summed E-state index contributed by atoms with van der Waals surface area (Å²) < 4.78 is 13.1. The van der Waals surface area contributed by atoms with Crippen molar-refractivity contribution in [2.75, 3.05) is 57.0 Å². The van der Waals surface area contributed by atoms with Crippen molar-refractivity contribution in [2.24, 2.45) is 0 Å². The third-order valence-electron chi connectivity index (χ3n) is 14.8. The molecule has 0 fully saturated rings. The standard InChI is InChI=1S/C32H27BN2O.C30H22BNO/c1-34(2)26-19-27(35(3)4)23-16-17-24-30-20(14-15-22(26)31(23)30)18-29-32(24)33(21-10-6-5-7-11-21)25-12-8-9-13-28(25)36-29;1-32(2)25-17-14-19-12-16-23-29-20(13-15-22(25)28(19)29)18-27-30(23)31(21-8-4-3-5-9-21)24-10-6-7-11-26(24)33-27/h5-19H,1-4H3;3-18H,1-2H3. The molecule has 0 spiro atoms. The van der Waals surface area contributed by atoms with Gasteiger partial charge in [-0.15, -0.1) is 0 Å². The van der Waals surface area contributed by atoms with Crippen LogP contribution in [0.25, 0.3) is 64.6 Å². The van der Waals surface area contributed by atoms with E-state index in [2.05, 4.69) is 245 Å². The van der Waals surface area contributed by atoms with Crippen molar-refractivity contribution < 1.29 is 9.47 Å². The van der Waals surface area contributed by atoms with Crippen molar-refractivity contribution in [1.82, 2.24) is 0 Å². The van der Waals surface area contributed by atoms with E-state index in [9.17, 15) is 0 Å². The summed E-state index contributed by atoms with van der Waals surface area (Å²) in [5.41, 5.74) is 11.2. The van der Waals surface area contributed by atoms with Crippen molar-refractivity contribution in [3.63, 3.8) is 0 Å². The molecule has 2 heterocycles. The summed E-state index contributed by atoms with van der Waals surface area (Å²) in [6.45, 7) is 0.237. The zero-order valence-electron chi connectivity index (χ0n) is 39.7. The van der Waals surface area contributed by atoms with Gasteiger partial charge in [0.15, 0.2) is 0 Å². The largest absolute Gasteiger partial charge is 0.458 e. The van der Waals surface area contributed by atoms with Gasteiger partial charge in [-0.25, -0.2) is 0 Å². The average molecular weight is 890 g/mol. The predicted octanol–water partition coefficient (Wildman–Crippen LogP) is 10.6. The molecular weight excluding hydrogens is 840 g/mol. The fraction of sp³-hybridized carbons (Fsp3) is 0.0968. The number of rotatable bonds is 5. The predicted molar refractivity (Wildman–Crippen MR) is 299 cm³/mol. The molecule has 5 nitrogen and oxygen atoms in total. The number of fused-ring (bicyclic) bond motifs is 6. The lowest BCUT2D eigenvalue weighted by Crippen LogP contribution is -2.55. The Morgan fingerprint density at radius 1 is 0.304 bits per heavy atom. The molecule has 0 radical (unpaired) electrons. The van der Waals surface area contributed by atoms with Gasteiger partial charge in [0.2, 0.25) is 0 Å². The summed E-state index contributed by atoms with van der Waals surface area (Å²) in [6, 6.07) is 68.1. The molecule has 0 N–H and O–H groups in total. The van der Waals surface area contributed by atoms with Gasteiger partial charge in [-0.05, 0) is 101 Å². The number of anilines is 3. The Hall–Kier alpha value is -8.15. The fourth-order valence-corrected chi connectivity index (χ4v) is 11.8. The van der Waals surface area contributed by atoms with E-state index in [0.717, 1.165) is 23.0 Å². The van der Waals surface area contributed by atoms with Crippen LogP contribution in [-0.2, 0) is 0 Å². The van der Waals surface area contributed by atoms with Crippen LogP contribution in [0.15, 0.2) is 188 Å². The van der Waals surface area contributed by atoms with Crippen LogP contribution in [0.3, 0.4) is 0 Å². The molecule has 0 atom stereocenters. The Morgan fingerprint density at radius 2 is 0.681 bits per heavy atom. The molecule has 0 unspecified atom stereocenters. The maximum Gasteiger partial charge on any atom is 0.251 e. The zero-order valence-corrected chi connectivity index (χ0v) is 39.7. The van der Waals surface area contributed by atoms with Crippen LogP contribution in [0.2, 0.25) is 0 Å². The molecule has 14 rings (SSSR count). The van der Waals surface area contributed by atoms with Crippen LogP contribution in [0, 0.1) is 0 Å². The molecule has 12 aromatic carbocycles. The van der Waals surface area contributed by atoms with Gasteiger partial charge >= 0.3 is 0 Å². The first-order valence-corrected chi connectivity index (χ1v) is 23.9. The summed E-state index contributed by atoms with van der Waals surface area (Å²) in [6.07, 6.45) is 0. The first kappa shape index (κ1) is 41.1. The minimum atomic E-state index is 0.109. The van der Waals surface area contributed by atoms with E-state index in [1.54, 1.807) is 0 Å². The summed E-state index contributed by atoms with van der Waals surface area (Å²) in [7, 11) is 12.7. The highest BCUT2D eigenvalue weighted by atomic mass is 16.5. The van der Waals surface area contributed by atoms with Crippen LogP contribution < -0.4 is 57.0 Å². The smallest absolute Gasteiger partial charge is 0.251 e. The second kappa shape index (κ2) is 15.7. The van der Waals surface area contributed by atoms with E-state index < -0.39 is 0 Å². The van der Waals surface area contributed by atoms with Crippen LogP contribution in [-0.4, -0.2) is 55.7 Å². The quantitative estimate of drug-likeness (QED) is 0.127. The van der Waals surface area contributed by atoms with Gasteiger partial charge in [0.25, 0.3) is 13.4 Å². The summed E-state index contributed by atoms with van der Waals surface area (Å²) in [4.78, 5) is 6.65. The van der Waals surface area contributed by atoms with Gasteiger partial charge in [0, 0.05) is 80.9 Å². The van der Waals surface area contributed by atoms with Gasteiger partial charge in [-0.3, -0.25) is 0 Å². The topological polar surface area (TPSA) is 28.2 Å². The Labute approximate surface area is 403 Å². The van der Waals surface area contributed by atoms with E-state index >= 15 is 0 Å². The number of ether oxygens (including phenoxy) is 2. The lowest BCUT2D eigenvalue weighted by atomic mass is 9.35. The molecule has 0 saturated carbocycles. The lowest BCUT2D eigenvalue weighted by molar-refractivity contribution is 0.488. The van der Waals surface area contributed by atoms with Crippen LogP contribution in [0.5, 0.6) is 23.0 Å². The number of hydrogen-bond acceptors (Lipinski definition) is 5. The van der Waals surface area contributed by atoms with Crippen molar-refractivity contribution in [1.29, 1.82) is 0 Å². The minimum Gasteiger partial charge on any atom is -0.458 e. The van der Waals surface area contributed by atoms with E-state index in [4.69, 9.17) is 9.47 Å². The molecule has 0 saturated heterocycles. The number of para-hydroxylation sites is 2. The monoisotopic (exact) mass is 889 g/mol. The molecule has 69 heavy (non-hydrogen) atoms. The van der Waals surface area contributed by atoms with Crippen molar-refractivity contribution >= 4 is 128 Å². The molecule has 2 aliphatic rings. The molecule has 2 aliphatic heterocycles. The minimum absolute atomic E-state index is 0.109. The molecule has 12 aromatic rings. The second-order valence-electron chi connectivity index (χ2n) is 19.4. The normalized spacial score (nSPS) is 12.7. The van der Waals surface area contributed by atoms with Gasteiger partial charge in [-0.2, -0.15) is 0 Å². The van der Waals surface area contributed by atoms with Crippen LogP contribution in [0.4, 0.5) is 17.1 Å². The van der Waals surface area contributed by atoms with E-state index in [1.165, 1.54) is 114 Å². The van der Waals surface area contributed by atoms with Crippen molar-refractivity contribution in [3.8, 4) is 23.0 Å². The fourth-order valence-electron chi connectivity index (χ4n) is 11.8. The van der Waals surface area contributed by atoms with E-state index in [1.807, 2.05) is 0 Å². The maximum atomic E-state index is 6.59. The Morgan fingerprint density at radius 3 is 1.19 bits per heavy atom. The maximum absolute atomic E-state index is 6.59. The summed E-state index contributed by atoms with van der Waals surface area (Å²) in [5.74, 6) is 3.80. The third-order valence-corrected chi connectivity index (χ3v) is 14.8. The van der Waals surface area contributed by atoms with Crippen molar-refractivity contribution in [2.45, 2.75) is 0 Å². The SMILES string of the molecule is CN(C)c1cc(N(C)C)c2ccc3c4c(cc5ccc1c2c53)Oc1ccccc1B4c1ccccc1.CN(C)c1ccc2ccc3c4c(cc5ccc1c2c53)Oc1ccccc1B4c1ccccc1. The molecule has 7 heteroatoms. The second-order valence-corrected chi connectivity index (χ2v) is 19.4. The molecule has 0 bridgehead atoms. The van der Waals surface area contributed by atoms with E-state index in [0.29, 0.717) is 0 Å². The van der Waals surface area contributed by atoms with Crippen molar-refractivity contribution in [3.05, 3.63) is 188 Å².